The van der Waals surface area contributed by atoms with Crippen molar-refractivity contribution in [2.75, 3.05) is 11.9 Å². The molecule has 0 atom stereocenters. The van der Waals surface area contributed by atoms with Crippen LogP contribution in [-0.4, -0.2) is 17.7 Å². The van der Waals surface area contributed by atoms with Crippen molar-refractivity contribution >= 4 is 23.3 Å². The van der Waals surface area contributed by atoms with Crippen LogP contribution in [0.2, 0.25) is 5.02 Å². The molecule has 0 bridgehead atoms. The number of benzene rings is 2. The second-order valence-corrected chi connectivity index (χ2v) is 5.79. The van der Waals surface area contributed by atoms with Crippen molar-refractivity contribution in [1.82, 2.24) is 5.16 Å². The molecule has 1 heterocycles. The lowest BCUT2D eigenvalue weighted by Crippen LogP contribution is -2.12. The second-order valence-electron chi connectivity index (χ2n) is 5.39. The number of aromatic nitrogens is 1. The Bertz CT molecular complexity index is 876. The molecule has 0 saturated carbocycles. The van der Waals surface area contributed by atoms with Gasteiger partial charge in [-0.2, -0.15) is 0 Å². The van der Waals surface area contributed by atoms with E-state index in [-0.39, 0.29) is 5.91 Å². The molecule has 0 unspecified atom stereocenters. The first-order valence-electron chi connectivity index (χ1n) is 7.93. The fourth-order valence-corrected chi connectivity index (χ4v) is 2.49. The average Bonchev–Trinajstić information content (AvgIpc) is 3.09. The first kappa shape index (κ1) is 17.0. The van der Waals surface area contributed by atoms with Gasteiger partial charge in [0, 0.05) is 17.2 Å². The van der Waals surface area contributed by atoms with Gasteiger partial charge in [-0.3, -0.25) is 4.79 Å². The number of hydrogen-bond acceptors (Lipinski definition) is 4. The van der Waals surface area contributed by atoms with Gasteiger partial charge >= 0.3 is 0 Å². The molecule has 25 heavy (non-hydrogen) atoms. The molecular formula is C19H17ClN2O3. The summed E-state index contributed by atoms with van der Waals surface area (Å²) in [4.78, 5) is 12.4. The zero-order valence-electron chi connectivity index (χ0n) is 13.7. The number of amides is 1. The molecule has 0 fully saturated rings. The number of carbonyl (C=O) groups excluding carboxylic acids is 1. The standard InChI is InChI=1S/C19H17ClN2O3/c1-2-10-24-14-7-5-6-13(11-14)19(23)21-18-12-17(25-22-18)15-8-3-4-9-16(15)20/h3-9,11-12H,2,10H2,1H3,(H,21,22,23). The Labute approximate surface area is 150 Å². The van der Waals surface area contributed by atoms with Gasteiger partial charge in [0.25, 0.3) is 5.91 Å². The molecule has 0 radical (unpaired) electrons. The SMILES string of the molecule is CCCOc1cccc(C(=O)Nc2cc(-c3ccccc3Cl)on2)c1. The molecular weight excluding hydrogens is 340 g/mol. The number of anilines is 1. The molecule has 0 aliphatic rings. The van der Waals surface area contributed by atoms with Crippen molar-refractivity contribution in [3.8, 4) is 17.1 Å². The zero-order chi connectivity index (χ0) is 17.6. The third kappa shape index (κ3) is 4.19. The number of hydrogen-bond donors (Lipinski definition) is 1. The summed E-state index contributed by atoms with van der Waals surface area (Å²) in [5, 5.41) is 7.14. The highest BCUT2D eigenvalue weighted by atomic mass is 35.5. The Morgan fingerprint density at radius 2 is 2.04 bits per heavy atom. The molecule has 0 saturated heterocycles. The van der Waals surface area contributed by atoms with Gasteiger partial charge in [0.05, 0.1) is 11.6 Å². The average molecular weight is 357 g/mol. The van der Waals surface area contributed by atoms with E-state index in [2.05, 4.69) is 10.5 Å². The quantitative estimate of drug-likeness (QED) is 0.672. The number of nitrogens with one attached hydrogen (secondary N) is 1. The van der Waals surface area contributed by atoms with Gasteiger partial charge < -0.3 is 14.6 Å². The van der Waals surface area contributed by atoms with Crippen LogP contribution in [0.4, 0.5) is 5.82 Å². The highest BCUT2D eigenvalue weighted by molar-refractivity contribution is 6.33. The van der Waals surface area contributed by atoms with Crippen LogP contribution in [-0.2, 0) is 0 Å². The molecule has 0 aliphatic carbocycles. The third-order valence-corrected chi connectivity index (χ3v) is 3.79. The smallest absolute Gasteiger partial charge is 0.257 e. The van der Waals surface area contributed by atoms with E-state index in [1.165, 1.54) is 0 Å². The number of nitrogens with zero attached hydrogens (tertiary/aromatic N) is 1. The summed E-state index contributed by atoms with van der Waals surface area (Å²) in [6.45, 7) is 2.63. The minimum absolute atomic E-state index is 0.291. The van der Waals surface area contributed by atoms with Crippen LogP contribution in [0.5, 0.6) is 5.75 Å². The lowest BCUT2D eigenvalue weighted by molar-refractivity contribution is 0.102. The Kier molecular flexibility index (Phi) is 5.36. The lowest BCUT2D eigenvalue weighted by atomic mass is 10.1. The molecule has 3 rings (SSSR count). The Morgan fingerprint density at radius 1 is 1.20 bits per heavy atom. The van der Waals surface area contributed by atoms with Crippen molar-refractivity contribution in [3.63, 3.8) is 0 Å². The molecule has 128 valence electrons. The van der Waals surface area contributed by atoms with Crippen LogP contribution < -0.4 is 10.1 Å². The number of rotatable bonds is 6. The van der Waals surface area contributed by atoms with E-state index >= 15 is 0 Å². The topological polar surface area (TPSA) is 64.4 Å². The van der Waals surface area contributed by atoms with Gasteiger partial charge in [0.2, 0.25) is 0 Å². The van der Waals surface area contributed by atoms with E-state index in [4.69, 9.17) is 20.9 Å². The highest BCUT2D eigenvalue weighted by Gasteiger charge is 2.13. The van der Waals surface area contributed by atoms with Crippen molar-refractivity contribution in [1.29, 1.82) is 0 Å². The van der Waals surface area contributed by atoms with Crippen molar-refractivity contribution in [2.24, 2.45) is 0 Å². The van der Waals surface area contributed by atoms with Gasteiger partial charge in [-0.25, -0.2) is 0 Å². The molecule has 6 heteroatoms. The first-order chi connectivity index (χ1) is 12.2. The summed E-state index contributed by atoms with van der Waals surface area (Å²) in [6.07, 6.45) is 0.903. The largest absolute Gasteiger partial charge is 0.494 e. The lowest BCUT2D eigenvalue weighted by Gasteiger charge is -2.06. The minimum atomic E-state index is -0.291. The predicted molar refractivity (Wildman–Crippen MR) is 97.1 cm³/mol. The van der Waals surface area contributed by atoms with Crippen molar-refractivity contribution in [3.05, 3.63) is 65.2 Å². The summed E-state index contributed by atoms with van der Waals surface area (Å²) in [5.74, 6) is 1.17. The first-order valence-corrected chi connectivity index (χ1v) is 8.31. The van der Waals surface area contributed by atoms with E-state index in [1.807, 2.05) is 31.2 Å². The number of halogens is 1. The maximum atomic E-state index is 12.4. The second kappa shape index (κ2) is 7.85. The molecule has 0 spiro atoms. The summed E-state index contributed by atoms with van der Waals surface area (Å²) in [5.41, 5.74) is 1.20. The van der Waals surface area contributed by atoms with E-state index in [9.17, 15) is 4.79 Å². The van der Waals surface area contributed by atoms with Gasteiger partial charge in [0.1, 0.15) is 5.75 Å². The molecule has 1 amide bonds. The maximum Gasteiger partial charge on any atom is 0.257 e. The van der Waals surface area contributed by atoms with E-state index in [1.54, 1.807) is 30.3 Å². The molecule has 2 aromatic carbocycles. The fraction of sp³-hybridized carbons (Fsp3) is 0.158. The Hall–Kier alpha value is -2.79. The van der Waals surface area contributed by atoms with Gasteiger partial charge in [-0.15, -0.1) is 0 Å². The summed E-state index contributed by atoms with van der Waals surface area (Å²) in [6, 6.07) is 15.9. The van der Waals surface area contributed by atoms with Crippen molar-refractivity contribution in [2.45, 2.75) is 13.3 Å². The monoisotopic (exact) mass is 356 g/mol. The van der Waals surface area contributed by atoms with Crippen LogP contribution >= 0.6 is 11.6 Å². The Balaban J connectivity index is 1.73. The van der Waals surface area contributed by atoms with Gasteiger partial charge in [-0.05, 0) is 36.8 Å². The van der Waals surface area contributed by atoms with E-state index in [0.29, 0.717) is 40.1 Å². The Morgan fingerprint density at radius 3 is 2.84 bits per heavy atom. The number of ether oxygens (including phenoxy) is 1. The minimum Gasteiger partial charge on any atom is -0.494 e. The van der Waals surface area contributed by atoms with Crippen LogP contribution in [0.15, 0.2) is 59.1 Å². The zero-order valence-corrected chi connectivity index (χ0v) is 14.4. The molecule has 3 aromatic rings. The maximum absolute atomic E-state index is 12.4. The third-order valence-electron chi connectivity index (χ3n) is 3.46. The summed E-state index contributed by atoms with van der Waals surface area (Å²) < 4.78 is 10.8. The predicted octanol–water partition coefficient (Wildman–Crippen LogP) is 5.04. The van der Waals surface area contributed by atoms with Crippen molar-refractivity contribution < 1.29 is 14.1 Å². The van der Waals surface area contributed by atoms with Gasteiger partial charge in [0.15, 0.2) is 11.6 Å². The van der Waals surface area contributed by atoms with E-state index < -0.39 is 0 Å². The van der Waals surface area contributed by atoms with Crippen LogP contribution in [0.1, 0.15) is 23.7 Å². The molecule has 1 aromatic heterocycles. The molecule has 5 nitrogen and oxygen atoms in total. The summed E-state index contributed by atoms with van der Waals surface area (Å²) >= 11 is 6.14. The number of carbonyl (C=O) groups is 1. The van der Waals surface area contributed by atoms with Crippen LogP contribution in [0.25, 0.3) is 11.3 Å². The molecule has 1 N–H and O–H groups in total. The van der Waals surface area contributed by atoms with E-state index in [0.717, 1.165) is 6.42 Å². The van der Waals surface area contributed by atoms with Crippen LogP contribution in [0, 0.1) is 0 Å². The van der Waals surface area contributed by atoms with Gasteiger partial charge in [-0.1, -0.05) is 41.9 Å². The van der Waals surface area contributed by atoms with Crippen LogP contribution in [0.3, 0.4) is 0 Å². The normalized spacial score (nSPS) is 10.5. The highest BCUT2D eigenvalue weighted by Crippen LogP contribution is 2.29. The fourth-order valence-electron chi connectivity index (χ4n) is 2.26. The molecule has 0 aliphatic heterocycles. The summed E-state index contributed by atoms with van der Waals surface area (Å²) in [7, 11) is 0.